The van der Waals surface area contributed by atoms with Gasteiger partial charge in [-0.2, -0.15) is 0 Å². The maximum atomic E-state index is 13.3. The number of benzene rings is 1. The van der Waals surface area contributed by atoms with Crippen LogP contribution in [0.4, 0.5) is 16.0 Å². The van der Waals surface area contributed by atoms with Gasteiger partial charge in [0.05, 0.1) is 17.9 Å². The summed E-state index contributed by atoms with van der Waals surface area (Å²) in [5, 5.41) is 17.3. The number of nitrogens with one attached hydrogen (secondary N) is 2. The number of rotatable bonds is 3. The zero-order chi connectivity index (χ0) is 18.1. The van der Waals surface area contributed by atoms with Crippen molar-refractivity contribution in [1.29, 1.82) is 0 Å². The van der Waals surface area contributed by atoms with E-state index in [1.54, 1.807) is 36.7 Å². The van der Waals surface area contributed by atoms with Gasteiger partial charge in [-0.1, -0.05) is 23.8 Å². The van der Waals surface area contributed by atoms with Crippen LogP contribution in [0, 0.1) is 11.7 Å². The van der Waals surface area contributed by atoms with Crippen LogP contribution in [0.15, 0.2) is 61.1 Å². The van der Waals surface area contributed by atoms with Crippen LogP contribution in [0.25, 0.3) is 0 Å². The molecule has 130 valence electrons. The summed E-state index contributed by atoms with van der Waals surface area (Å²) in [6, 6.07) is 8.77. The number of hydrogen-bond acceptors (Lipinski definition) is 6. The van der Waals surface area contributed by atoms with Crippen LogP contribution in [0.2, 0.25) is 0 Å². The highest BCUT2D eigenvalue weighted by molar-refractivity contribution is 5.95. The molecule has 2 unspecified atom stereocenters. The van der Waals surface area contributed by atoms with E-state index in [9.17, 15) is 9.18 Å². The van der Waals surface area contributed by atoms with Gasteiger partial charge in [-0.3, -0.25) is 9.78 Å². The number of tetrazole rings is 1. The van der Waals surface area contributed by atoms with Crippen molar-refractivity contribution >= 4 is 17.5 Å². The first-order valence-corrected chi connectivity index (χ1v) is 7.83. The number of amides is 1. The Balaban J connectivity index is 1.74. The second-order valence-corrected chi connectivity index (χ2v) is 5.80. The van der Waals surface area contributed by atoms with Crippen LogP contribution in [-0.2, 0) is 4.79 Å². The van der Waals surface area contributed by atoms with E-state index in [-0.39, 0.29) is 11.7 Å². The highest BCUT2D eigenvalue weighted by atomic mass is 19.1. The molecule has 0 saturated carbocycles. The van der Waals surface area contributed by atoms with E-state index in [0.717, 1.165) is 0 Å². The predicted octanol–water partition coefficient (Wildman–Crippen LogP) is 1.99. The van der Waals surface area contributed by atoms with E-state index in [0.29, 0.717) is 22.9 Å². The van der Waals surface area contributed by atoms with E-state index in [1.165, 1.54) is 16.8 Å². The molecule has 1 aromatic carbocycles. The maximum Gasteiger partial charge on any atom is 0.247 e. The second kappa shape index (κ2) is 6.36. The van der Waals surface area contributed by atoms with Crippen molar-refractivity contribution in [2.75, 3.05) is 10.6 Å². The van der Waals surface area contributed by atoms with Gasteiger partial charge in [0.2, 0.25) is 11.9 Å². The molecule has 1 aliphatic heterocycles. The van der Waals surface area contributed by atoms with Gasteiger partial charge in [0.25, 0.3) is 0 Å². The van der Waals surface area contributed by atoms with Crippen molar-refractivity contribution < 1.29 is 9.18 Å². The molecule has 0 aliphatic carbocycles. The Kier molecular flexibility index (Phi) is 3.88. The van der Waals surface area contributed by atoms with E-state index in [2.05, 4.69) is 37.7 Å². The molecule has 1 amide bonds. The smallest absolute Gasteiger partial charge is 0.247 e. The van der Waals surface area contributed by atoms with E-state index >= 15 is 0 Å². The first kappa shape index (κ1) is 15.9. The lowest BCUT2D eigenvalue weighted by atomic mass is 9.88. The molecule has 2 aromatic heterocycles. The standard InChI is InChI=1S/C17H14FN7O/c1-10-14(16(26)21-13-3-2-8-19-9-13)15(11-4-6-12(18)7-5-11)25-17(20-10)22-23-24-25/h2-9,14-15H,1H2,(H,21,26)(H,20,22,24). The number of halogens is 1. The quantitative estimate of drug-likeness (QED) is 0.749. The number of hydrogen-bond donors (Lipinski definition) is 2. The zero-order valence-corrected chi connectivity index (χ0v) is 13.5. The van der Waals surface area contributed by atoms with Gasteiger partial charge in [-0.15, -0.1) is 0 Å². The fourth-order valence-corrected chi connectivity index (χ4v) is 2.97. The first-order chi connectivity index (χ1) is 12.6. The monoisotopic (exact) mass is 351 g/mol. The Labute approximate surface area is 147 Å². The fraction of sp³-hybridized carbons (Fsp3) is 0.118. The lowest BCUT2D eigenvalue weighted by Gasteiger charge is -2.33. The summed E-state index contributed by atoms with van der Waals surface area (Å²) >= 11 is 0. The predicted molar refractivity (Wildman–Crippen MR) is 91.5 cm³/mol. The van der Waals surface area contributed by atoms with Crippen molar-refractivity contribution in [3.63, 3.8) is 0 Å². The molecule has 0 saturated heterocycles. The highest BCUT2D eigenvalue weighted by Gasteiger charge is 2.40. The SMILES string of the molecule is C=C1Nc2nnnn2C(c2ccc(F)cc2)C1C(=O)Nc1cccnc1. The number of nitrogens with zero attached hydrogens (tertiary/aromatic N) is 5. The largest absolute Gasteiger partial charge is 0.326 e. The third-order valence-electron chi connectivity index (χ3n) is 4.14. The van der Waals surface area contributed by atoms with Gasteiger partial charge < -0.3 is 10.6 Å². The molecular formula is C17H14FN7O. The van der Waals surface area contributed by atoms with Gasteiger partial charge in [-0.25, -0.2) is 9.07 Å². The van der Waals surface area contributed by atoms with Crippen LogP contribution >= 0.6 is 0 Å². The van der Waals surface area contributed by atoms with Crippen molar-refractivity contribution in [1.82, 2.24) is 25.2 Å². The van der Waals surface area contributed by atoms with Crippen molar-refractivity contribution in [2.24, 2.45) is 5.92 Å². The molecule has 8 nitrogen and oxygen atoms in total. The molecule has 0 fully saturated rings. The highest BCUT2D eigenvalue weighted by Crippen LogP contribution is 2.37. The average Bonchev–Trinajstić information content (AvgIpc) is 3.10. The van der Waals surface area contributed by atoms with Crippen molar-refractivity contribution in [3.05, 3.63) is 72.4 Å². The molecule has 0 bridgehead atoms. The lowest BCUT2D eigenvalue weighted by Crippen LogP contribution is -2.39. The second-order valence-electron chi connectivity index (χ2n) is 5.80. The molecular weight excluding hydrogens is 337 g/mol. The molecule has 3 aromatic rings. The summed E-state index contributed by atoms with van der Waals surface area (Å²) in [4.78, 5) is 16.9. The summed E-state index contributed by atoms with van der Waals surface area (Å²) in [5.41, 5.74) is 1.70. The minimum absolute atomic E-state index is 0.300. The normalized spacial score (nSPS) is 18.7. The summed E-state index contributed by atoms with van der Waals surface area (Å²) < 4.78 is 14.8. The van der Waals surface area contributed by atoms with Crippen LogP contribution in [0.3, 0.4) is 0 Å². The first-order valence-electron chi connectivity index (χ1n) is 7.83. The molecule has 9 heteroatoms. The fourth-order valence-electron chi connectivity index (χ4n) is 2.97. The third kappa shape index (κ3) is 2.79. The van der Waals surface area contributed by atoms with Gasteiger partial charge >= 0.3 is 0 Å². The van der Waals surface area contributed by atoms with Crippen LogP contribution in [0.5, 0.6) is 0 Å². The average molecular weight is 351 g/mol. The number of fused-ring (bicyclic) bond motifs is 1. The van der Waals surface area contributed by atoms with Crippen LogP contribution < -0.4 is 10.6 Å². The third-order valence-corrected chi connectivity index (χ3v) is 4.14. The molecule has 2 atom stereocenters. The topological polar surface area (TPSA) is 97.6 Å². The van der Waals surface area contributed by atoms with Crippen molar-refractivity contribution in [2.45, 2.75) is 6.04 Å². The van der Waals surface area contributed by atoms with Crippen LogP contribution in [-0.4, -0.2) is 31.1 Å². The lowest BCUT2D eigenvalue weighted by molar-refractivity contribution is -0.119. The number of aromatic nitrogens is 5. The number of anilines is 2. The van der Waals surface area contributed by atoms with Gasteiger partial charge in [0.15, 0.2) is 0 Å². The van der Waals surface area contributed by atoms with Gasteiger partial charge in [-0.05, 0) is 40.3 Å². The van der Waals surface area contributed by atoms with E-state index < -0.39 is 12.0 Å². The Hall–Kier alpha value is -3.62. The molecule has 4 rings (SSSR count). The van der Waals surface area contributed by atoms with E-state index in [4.69, 9.17) is 0 Å². The molecule has 0 spiro atoms. The Morgan fingerprint density at radius 3 is 2.81 bits per heavy atom. The van der Waals surface area contributed by atoms with E-state index in [1.807, 2.05) is 0 Å². The zero-order valence-electron chi connectivity index (χ0n) is 13.5. The summed E-state index contributed by atoms with van der Waals surface area (Å²) in [6.07, 6.45) is 3.16. The number of pyridine rings is 1. The number of carbonyl (C=O) groups is 1. The summed E-state index contributed by atoms with van der Waals surface area (Å²) in [5.74, 6) is -1.01. The maximum absolute atomic E-state index is 13.3. The van der Waals surface area contributed by atoms with Gasteiger partial charge in [0.1, 0.15) is 11.7 Å². The Bertz CT molecular complexity index is 955. The molecule has 26 heavy (non-hydrogen) atoms. The summed E-state index contributed by atoms with van der Waals surface area (Å²) in [7, 11) is 0. The molecule has 3 heterocycles. The molecule has 2 N–H and O–H groups in total. The molecule has 0 radical (unpaired) electrons. The minimum atomic E-state index is -0.711. The molecule has 1 aliphatic rings. The van der Waals surface area contributed by atoms with Crippen molar-refractivity contribution in [3.8, 4) is 0 Å². The minimum Gasteiger partial charge on any atom is -0.326 e. The summed E-state index contributed by atoms with van der Waals surface area (Å²) in [6.45, 7) is 3.96. The Morgan fingerprint density at radius 1 is 1.27 bits per heavy atom. The van der Waals surface area contributed by atoms with Gasteiger partial charge in [0, 0.05) is 11.9 Å². The number of carbonyl (C=O) groups excluding carboxylic acids is 1. The van der Waals surface area contributed by atoms with Crippen LogP contribution in [0.1, 0.15) is 11.6 Å². The Morgan fingerprint density at radius 2 is 2.08 bits per heavy atom.